The van der Waals surface area contributed by atoms with Gasteiger partial charge in [0.25, 0.3) is 0 Å². The van der Waals surface area contributed by atoms with Crippen LogP contribution in [0.25, 0.3) is 22.2 Å². The summed E-state index contributed by atoms with van der Waals surface area (Å²) in [6.45, 7) is 19.1. The molecule has 1 heterocycles. The molecule has 2 aromatic carbocycles. The molecule has 3 aromatic rings. The minimum atomic E-state index is -0.234. The van der Waals surface area contributed by atoms with Gasteiger partial charge in [0, 0.05) is 16.4 Å². The normalized spacial score (nSPS) is 17.1. The maximum Gasteiger partial charge on any atom is 0.0750 e. The molecule has 152 valence electrons. The van der Waals surface area contributed by atoms with Gasteiger partial charge in [-0.15, -0.1) is 0 Å². The van der Waals surface area contributed by atoms with Gasteiger partial charge < -0.3 is 0 Å². The predicted octanol–water partition coefficient (Wildman–Crippen LogP) is 7.39. The summed E-state index contributed by atoms with van der Waals surface area (Å²) in [6, 6.07) is 18.1. The first kappa shape index (κ1) is 20.5. The fourth-order valence-electron chi connectivity index (χ4n) is 5.15. The van der Waals surface area contributed by atoms with E-state index in [2.05, 4.69) is 104 Å². The van der Waals surface area contributed by atoms with E-state index in [1.165, 1.54) is 33.1 Å². The Morgan fingerprint density at radius 1 is 0.759 bits per heavy atom. The first-order chi connectivity index (χ1) is 13.6. The zero-order chi connectivity index (χ0) is 21.1. The Balaban J connectivity index is 2.07. The number of fused-ring (bicyclic) bond motifs is 4. The Morgan fingerprint density at radius 3 is 2.03 bits per heavy atom. The molecule has 1 aliphatic carbocycles. The molecular weight excluding hydrogens is 369 g/mol. The number of nitrogens with zero attached hydrogens (tertiary/aromatic N) is 1. The lowest BCUT2D eigenvalue weighted by atomic mass is 9.56. The van der Waals surface area contributed by atoms with Crippen LogP contribution in [-0.2, 0) is 10.8 Å². The summed E-state index contributed by atoms with van der Waals surface area (Å²) >= 11 is 0. The van der Waals surface area contributed by atoms with E-state index in [-0.39, 0.29) is 18.8 Å². The molecule has 29 heavy (non-hydrogen) atoms. The number of hydrogen-bond donors (Lipinski definition) is 0. The van der Waals surface area contributed by atoms with E-state index in [0.717, 1.165) is 5.52 Å². The van der Waals surface area contributed by atoms with Gasteiger partial charge in [-0.05, 0) is 45.3 Å². The minimum Gasteiger partial charge on any atom is -0.247 e. The molecule has 1 aliphatic rings. The summed E-state index contributed by atoms with van der Waals surface area (Å²) in [5.74, 6) is 0. The maximum atomic E-state index is 5.29. The van der Waals surface area contributed by atoms with Crippen LogP contribution in [0, 0.1) is 0 Å². The van der Waals surface area contributed by atoms with Gasteiger partial charge in [0.15, 0.2) is 0 Å². The van der Waals surface area contributed by atoms with Crippen molar-refractivity contribution in [2.75, 3.05) is 0 Å². The van der Waals surface area contributed by atoms with E-state index in [0.29, 0.717) is 11.3 Å². The predicted molar refractivity (Wildman–Crippen MR) is 130 cm³/mol. The lowest BCUT2D eigenvalue weighted by Gasteiger charge is -2.48. The van der Waals surface area contributed by atoms with Crippen LogP contribution >= 0.6 is 7.92 Å². The first-order valence-corrected chi connectivity index (χ1v) is 12.4. The van der Waals surface area contributed by atoms with E-state index in [9.17, 15) is 0 Å². The van der Waals surface area contributed by atoms with Gasteiger partial charge in [-0.2, -0.15) is 0 Å². The van der Waals surface area contributed by atoms with Crippen molar-refractivity contribution in [2.45, 2.75) is 77.5 Å². The van der Waals surface area contributed by atoms with Crippen molar-refractivity contribution in [1.82, 2.24) is 4.98 Å². The third-order valence-electron chi connectivity index (χ3n) is 7.32. The Kier molecular flexibility index (Phi) is 4.90. The fourth-order valence-corrected chi connectivity index (χ4v) is 8.17. The molecule has 0 amide bonds. The quantitative estimate of drug-likeness (QED) is 0.415. The fraction of sp³-hybridized carbons (Fsp3) is 0.444. The van der Waals surface area contributed by atoms with Gasteiger partial charge in [0.1, 0.15) is 0 Å². The Morgan fingerprint density at radius 2 is 1.38 bits per heavy atom. The van der Waals surface area contributed by atoms with Gasteiger partial charge in [0.2, 0.25) is 0 Å². The zero-order valence-corrected chi connectivity index (χ0v) is 20.1. The van der Waals surface area contributed by atoms with Crippen molar-refractivity contribution < 1.29 is 0 Å². The first-order valence-electron chi connectivity index (χ1n) is 10.9. The highest BCUT2D eigenvalue weighted by molar-refractivity contribution is 7.67. The van der Waals surface area contributed by atoms with E-state index in [1.54, 1.807) is 0 Å². The Hall–Kier alpha value is -1.72. The van der Waals surface area contributed by atoms with E-state index in [4.69, 9.17) is 4.98 Å². The van der Waals surface area contributed by atoms with Crippen molar-refractivity contribution in [3.05, 3.63) is 59.7 Å². The average molecular weight is 404 g/mol. The van der Waals surface area contributed by atoms with Gasteiger partial charge in [0.05, 0.1) is 11.2 Å². The minimum absolute atomic E-state index is 0.00338. The van der Waals surface area contributed by atoms with E-state index >= 15 is 0 Å². The molecule has 0 radical (unpaired) electrons. The standard InChI is InChI=1S/C27H34NP/c1-17(2)29(18(3)4)24-15-11-14-23-20(24)16-22-25(28-23)19-12-9-10-13-21(19)26(5,6)27(22,7)8/h9-18H,1-8H3. The van der Waals surface area contributed by atoms with Gasteiger partial charge in [-0.3, -0.25) is 0 Å². The molecule has 1 aromatic heterocycles. The second kappa shape index (κ2) is 6.92. The van der Waals surface area contributed by atoms with Gasteiger partial charge in [-0.25, -0.2) is 4.98 Å². The number of aromatic nitrogens is 1. The lowest BCUT2D eigenvalue weighted by Crippen LogP contribution is -2.43. The number of pyridine rings is 1. The largest absolute Gasteiger partial charge is 0.247 e. The molecule has 0 atom stereocenters. The van der Waals surface area contributed by atoms with Crippen LogP contribution in [0.15, 0.2) is 48.5 Å². The number of rotatable bonds is 3. The third kappa shape index (κ3) is 2.97. The average Bonchev–Trinajstić information content (AvgIpc) is 2.65. The zero-order valence-electron chi connectivity index (χ0n) is 19.2. The summed E-state index contributed by atoms with van der Waals surface area (Å²) in [6.07, 6.45) is 0. The molecule has 0 saturated heterocycles. The smallest absolute Gasteiger partial charge is 0.0750 e. The van der Waals surface area contributed by atoms with Crippen LogP contribution in [0.2, 0.25) is 0 Å². The molecule has 0 unspecified atom stereocenters. The molecule has 0 saturated carbocycles. The highest BCUT2D eigenvalue weighted by atomic mass is 31.1. The Bertz CT molecular complexity index is 1070. The topological polar surface area (TPSA) is 12.9 Å². The summed E-state index contributed by atoms with van der Waals surface area (Å²) in [7, 11) is -0.234. The summed E-state index contributed by atoms with van der Waals surface area (Å²) in [5, 5.41) is 2.88. The Labute approximate surface area is 177 Å². The highest BCUT2D eigenvalue weighted by Gasteiger charge is 2.46. The number of hydrogen-bond acceptors (Lipinski definition) is 1. The molecule has 0 spiro atoms. The van der Waals surface area contributed by atoms with Crippen molar-refractivity contribution >= 4 is 24.1 Å². The SMILES string of the molecule is CC(C)P(c1cccc2nc3c(cc12)C(C)(C)C(C)(C)c1ccccc1-3)C(C)C. The van der Waals surface area contributed by atoms with Crippen LogP contribution in [0.5, 0.6) is 0 Å². The van der Waals surface area contributed by atoms with Crippen molar-refractivity contribution in [2.24, 2.45) is 0 Å². The van der Waals surface area contributed by atoms with Crippen LogP contribution in [-0.4, -0.2) is 16.3 Å². The summed E-state index contributed by atoms with van der Waals surface area (Å²) in [4.78, 5) is 5.29. The molecule has 1 nitrogen and oxygen atoms in total. The molecule has 2 heteroatoms. The van der Waals surface area contributed by atoms with Crippen molar-refractivity contribution in [3.63, 3.8) is 0 Å². The van der Waals surface area contributed by atoms with Crippen LogP contribution in [0.1, 0.15) is 66.5 Å². The third-order valence-corrected chi connectivity index (χ3v) is 10.5. The van der Waals surface area contributed by atoms with E-state index < -0.39 is 0 Å². The number of benzene rings is 2. The van der Waals surface area contributed by atoms with Gasteiger partial charge >= 0.3 is 0 Å². The molecule has 0 aliphatic heterocycles. The maximum absolute atomic E-state index is 5.29. The van der Waals surface area contributed by atoms with Gasteiger partial charge in [-0.1, -0.05) is 99.7 Å². The monoisotopic (exact) mass is 403 g/mol. The second-order valence-corrected chi connectivity index (χ2v) is 13.5. The van der Waals surface area contributed by atoms with Crippen molar-refractivity contribution in [1.29, 1.82) is 0 Å². The molecule has 0 N–H and O–H groups in total. The molecule has 0 bridgehead atoms. The molecule has 4 rings (SSSR count). The molecule has 0 fully saturated rings. The second-order valence-electron chi connectivity index (χ2n) is 10.1. The van der Waals surface area contributed by atoms with E-state index in [1.807, 2.05) is 0 Å². The van der Waals surface area contributed by atoms with Crippen molar-refractivity contribution in [3.8, 4) is 11.3 Å². The van der Waals surface area contributed by atoms with Crippen LogP contribution in [0.3, 0.4) is 0 Å². The molecular formula is C27H34NP. The van der Waals surface area contributed by atoms with Crippen LogP contribution in [0.4, 0.5) is 0 Å². The lowest BCUT2D eigenvalue weighted by molar-refractivity contribution is 0.298. The van der Waals surface area contributed by atoms with Crippen LogP contribution < -0.4 is 5.30 Å². The summed E-state index contributed by atoms with van der Waals surface area (Å²) < 4.78 is 0. The highest BCUT2D eigenvalue weighted by Crippen LogP contribution is 2.54. The summed E-state index contributed by atoms with van der Waals surface area (Å²) in [5.41, 5.74) is 7.79.